The average Bonchev–Trinajstić information content (AvgIpc) is 2.52. The topological polar surface area (TPSA) is 36.9 Å². The Morgan fingerprint density at radius 2 is 2.13 bits per heavy atom. The zero-order valence-electron chi connectivity index (χ0n) is 14.2. The standard InChI is InChI=1S/C17H27ClO4Si/c1-13(22-23(2)3)15-8-7-14(12-16(15)18)19-10-11-21-17-6-4-5-9-20-17/h7-8,12-13,17,23H,4-6,9-11H2,1-3H3/t13-,17?/m0/s1. The summed E-state index contributed by atoms with van der Waals surface area (Å²) in [6, 6.07) is 5.75. The maximum atomic E-state index is 6.35. The van der Waals surface area contributed by atoms with Crippen LogP contribution in [-0.2, 0) is 13.9 Å². The summed E-state index contributed by atoms with van der Waals surface area (Å²) in [6.45, 7) is 8.13. The Hall–Kier alpha value is -0.593. The van der Waals surface area contributed by atoms with Gasteiger partial charge >= 0.3 is 0 Å². The second-order valence-corrected chi connectivity index (χ2v) is 8.80. The summed E-state index contributed by atoms with van der Waals surface area (Å²) in [5.41, 5.74) is 1.01. The number of hydrogen-bond donors (Lipinski definition) is 0. The first-order chi connectivity index (χ1) is 11.1. The van der Waals surface area contributed by atoms with Gasteiger partial charge < -0.3 is 18.6 Å². The van der Waals surface area contributed by atoms with Gasteiger partial charge in [-0.05, 0) is 57.0 Å². The zero-order valence-corrected chi connectivity index (χ0v) is 16.1. The third-order valence-electron chi connectivity index (χ3n) is 3.68. The lowest BCUT2D eigenvalue weighted by molar-refractivity contribution is -0.165. The van der Waals surface area contributed by atoms with Crippen molar-refractivity contribution in [1.29, 1.82) is 0 Å². The summed E-state index contributed by atoms with van der Waals surface area (Å²) in [5, 5.41) is 0.682. The van der Waals surface area contributed by atoms with Crippen LogP contribution in [0.25, 0.3) is 0 Å². The Kier molecular flexibility index (Phi) is 7.86. The second-order valence-electron chi connectivity index (χ2n) is 6.03. The van der Waals surface area contributed by atoms with E-state index < -0.39 is 9.04 Å². The minimum absolute atomic E-state index is 0.0231. The van der Waals surface area contributed by atoms with E-state index >= 15 is 0 Å². The van der Waals surface area contributed by atoms with Gasteiger partial charge in [0.15, 0.2) is 15.3 Å². The molecule has 0 N–H and O–H groups in total. The van der Waals surface area contributed by atoms with E-state index in [1.807, 2.05) is 25.1 Å². The van der Waals surface area contributed by atoms with Crippen molar-refractivity contribution in [2.45, 2.75) is 51.7 Å². The summed E-state index contributed by atoms with van der Waals surface area (Å²) in [6.07, 6.45) is 3.22. The lowest BCUT2D eigenvalue weighted by Crippen LogP contribution is -2.24. The molecule has 0 amide bonds. The molecule has 130 valence electrons. The highest BCUT2D eigenvalue weighted by atomic mass is 35.5. The molecule has 0 aromatic heterocycles. The predicted octanol–water partition coefficient (Wildman–Crippen LogP) is 4.32. The molecular weight excluding hydrogens is 332 g/mol. The molecule has 0 aliphatic carbocycles. The van der Waals surface area contributed by atoms with Crippen molar-refractivity contribution in [2.24, 2.45) is 0 Å². The highest BCUT2D eigenvalue weighted by Crippen LogP contribution is 2.29. The minimum Gasteiger partial charge on any atom is -0.491 e. The van der Waals surface area contributed by atoms with Gasteiger partial charge in [-0.15, -0.1) is 0 Å². The summed E-state index contributed by atoms with van der Waals surface area (Å²) in [4.78, 5) is 0. The van der Waals surface area contributed by atoms with Crippen LogP contribution in [-0.4, -0.2) is 35.2 Å². The third-order valence-corrected chi connectivity index (χ3v) is 4.96. The Labute approximate surface area is 145 Å². The molecule has 1 unspecified atom stereocenters. The van der Waals surface area contributed by atoms with Crippen molar-refractivity contribution in [3.8, 4) is 5.75 Å². The van der Waals surface area contributed by atoms with Crippen LogP contribution in [0.2, 0.25) is 18.1 Å². The van der Waals surface area contributed by atoms with E-state index in [2.05, 4.69) is 13.1 Å². The van der Waals surface area contributed by atoms with Gasteiger partial charge in [0, 0.05) is 11.6 Å². The third kappa shape index (κ3) is 6.43. The second kappa shape index (κ2) is 9.64. The number of rotatable bonds is 8. The van der Waals surface area contributed by atoms with Crippen LogP contribution in [0, 0.1) is 0 Å². The van der Waals surface area contributed by atoms with E-state index in [1.165, 1.54) is 6.42 Å². The summed E-state index contributed by atoms with van der Waals surface area (Å²) in [5.74, 6) is 0.751. The quantitative estimate of drug-likeness (QED) is 0.512. The maximum Gasteiger partial charge on any atom is 0.171 e. The van der Waals surface area contributed by atoms with Crippen molar-refractivity contribution < 1.29 is 18.6 Å². The Morgan fingerprint density at radius 3 is 2.78 bits per heavy atom. The fraction of sp³-hybridized carbons (Fsp3) is 0.647. The molecule has 1 aromatic carbocycles. The van der Waals surface area contributed by atoms with Crippen LogP contribution in [0.5, 0.6) is 5.75 Å². The molecule has 23 heavy (non-hydrogen) atoms. The first-order valence-electron chi connectivity index (χ1n) is 8.37. The Morgan fingerprint density at radius 1 is 1.30 bits per heavy atom. The van der Waals surface area contributed by atoms with E-state index in [9.17, 15) is 0 Å². The van der Waals surface area contributed by atoms with E-state index in [4.69, 9.17) is 30.2 Å². The fourth-order valence-electron chi connectivity index (χ4n) is 2.59. The number of benzene rings is 1. The molecule has 0 bridgehead atoms. The van der Waals surface area contributed by atoms with Crippen LogP contribution < -0.4 is 4.74 Å². The molecule has 1 heterocycles. The van der Waals surface area contributed by atoms with Gasteiger partial charge in [-0.25, -0.2) is 0 Å². The highest BCUT2D eigenvalue weighted by molar-refractivity contribution is 6.48. The summed E-state index contributed by atoms with van der Waals surface area (Å²) in [7, 11) is -1.09. The normalized spacial score (nSPS) is 19.8. The first-order valence-corrected chi connectivity index (χ1v) is 11.5. The van der Waals surface area contributed by atoms with Crippen LogP contribution in [0.3, 0.4) is 0 Å². The van der Waals surface area contributed by atoms with Crippen molar-refractivity contribution in [1.82, 2.24) is 0 Å². The SMILES string of the molecule is C[C@H](O[SiH](C)C)c1ccc(OCCOC2CCCCO2)cc1Cl. The minimum atomic E-state index is -1.09. The smallest absolute Gasteiger partial charge is 0.171 e. The molecule has 6 heteroatoms. The van der Waals surface area contributed by atoms with Gasteiger partial charge in [-0.1, -0.05) is 17.7 Å². The molecule has 1 aliphatic rings. The van der Waals surface area contributed by atoms with Crippen LogP contribution in [0.1, 0.15) is 37.9 Å². The Balaban J connectivity index is 1.76. The van der Waals surface area contributed by atoms with E-state index in [0.29, 0.717) is 18.2 Å². The van der Waals surface area contributed by atoms with Crippen molar-refractivity contribution in [3.63, 3.8) is 0 Å². The lowest BCUT2D eigenvalue weighted by Gasteiger charge is -2.22. The molecule has 4 nitrogen and oxygen atoms in total. The van der Waals surface area contributed by atoms with Gasteiger partial charge in [0.1, 0.15) is 12.4 Å². The molecule has 0 spiro atoms. The van der Waals surface area contributed by atoms with Crippen LogP contribution in [0.4, 0.5) is 0 Å². The Bertz CT molecular complexity index is 478. The van der Waals surface area contributed by atoms with Gasteiger partial charge in [0.25, 0.3) is 0 Å². The zero-order chi connectivity index (χ0) is 16.7. The van der Waals surface area contributed by atoms with Crippen molar-refractivity contribution in [2.75, 3.05) is 19.8 Å². The van der Waals surface area contributed by atoms with Gasteiger partial charge in [-0.2, -0.15) is 0 Å². The molecule has 1 fully saturated rings. The van der Waals surface area contributed by atoms with Crippen LogP contribution in [0.15, 0.2) is 18.2 Å². The number of hydrogen-bond acceptors (Lipinski definition) is 4. The maximum absolute atomic E-state index is 6.35. The van der Waals surface area contributed by atoms with Gasteiger partial charge in [0.05, 0.1) is 12.7 Å². The molecule has 1 aliphatic heterocycles. The molecule has 1 aromatic rings. The summed E-state index contributed by atoms with van der Waals surface area (Å²) >= 11 is 6.35. The lowest BCUT2D eigenvalue weighted by atomic mass is 10.1. The van der Waals surface area contributed by atoms with Crippen molar-refractivity contribution in [3.05, 3.63) is 28.8 Å². The van der Waals surface area contributed by atoms with Crippen molar-refractivity contribution >= 4 is 20.6 Å². The van der Waals surface area contributed by atoms with Gasteiger partial charge in [-0.3, -0.25) is 0 Å². The van der Waals surface area contributed by atoms with E-state index in [1.54, 1.807) is 0 Å². The number of ether oxygens (including phenoxy) is 3. The van der Waals surface area contributed by atoms with Gasteiger partial charge in [0.2, 0.25) is 0 Å². The largest absolute Gasteiger partial charge is 0.491 e. The monoisotopic (exact) mass is 358 g/mol. The van der Waals surface area contributed by atoms with E-state index in [0.717, 1.165) is 30.8 Å². The molecule has 2 rings (SSSR count). The van der Waals surface area contributed by atoms with Crippen LogP contribution >= 0.6 is 11.6 Å². The molecule has 2 atom stereocenters. The molecule has 0 saturated carbocycles. The average molecular weight is 359 g/mol. The first kappa shape index (κ1) is 18.7. The highest BCUT2D eigenvalue weighted by Gasteiger charge is 2.14. The fourth-order valence-corrected chi connectivity index (χ4v) is 3.88. The number of halogens is 1. The van der Waals surface area contributed by atoms with E-state index in [-0.39, 0.29) is 12.4 Å². The summed E-state index contributed by atoms with van der Waals surface area (Å²) < 4.78 is 22.8. The molecule has 0 radical (unpaired) electrons. The predicted molar refractivity (Wildman–Crippen MR) is 94.9 cm³/mol. The molecule has 1 saturated heterocycles. The molecular formula is C17H27ClO4Si.